The summed E-state index contributed by atoms with van der Waals surface area (Å²) in [6.45, 7) is 7.52. The molecule has 1 aliphatic rings. The van der Waals surface area contributed by atoms with Gasteiger partial charge in [-0.25, -0.2) is 14.3 Å². The molecular formula is C14H22N4O4. The Morgan fingerprint density at radius 2 is 2.05 bits per heavy atom. The highest BCUT2D eigenvalue weighted by Crippen LogP contribution is 2.29. The van der Waals surface area contributed by atoms with Crippen LogP contribution in [-0.2, 0) is 14.3 Å². The van der Waals surface area contributed by atoms with Crippen LogP contribution >= 0.6 is 0 Å². The van der Waals surface area contributed by atoms with Gasteiger partial charge in [0, 0.05) is 19.2 Å². The zero-order chi connectivity index (χ0) is 16.5. The average molecular weight is 310 g/mol. The van der Waals surface area contributed by atoms with Crippen LogP contribution in [0.2, 0.25) is 0 Å². The summed E-state index contributed by atoms with van der Waals surface area (Å²) in [4.78, 5) is 25.7. The fourth-order valence-electron chi connectivity index (χ4n) is 2.43. The van der Waals surface area contributed by atoms with Gasteiger partial charge in [-0.3, -0.25) is 4.90 Å². The van der Waals surface area contributed by atoms with Crippen LogP contribution in [-0.4, -0.2) is 57.3 Å². The number of methoxy groups -OCH3 is 1. The molecule has 0 radical (unpaired) electrons. The first-order valence-electron chi connectivity index (χ1n) is 7.17. The van der Waals surface area contributed by atoms with E-state index in [0.717, 1.165) is 5.69 Å². The third-order valence-corrected chi connectivity index (χ3v) is 3.38. The highest BCUT2D eigenvalue weighted by Gasteiger charge is 2.43. The van der Waals surface area contributed by atoms with Gasteiger partial charge >= 0.3 is 12.1 Å². The lowest BCUT2D eigenvalue weighted by Crippen LogP contribution is -2.43. The molecule has 2 atom stereocenters. The minimum absolute atomic E-state index is 0.127. The molecule has 0 bridgehead atoms. The van der Waals surface area contributed by atoms with Crippen LogP contribution in [0.4, 0.5) is 4.79 Å². The molecule has 122 valence electrons. The Kier molecular flexibility index (Phi) is 4.39. The first-order valence-corrected chi connectivity index (χ1v) is 7.17. The molecule has 8 heteroatoms. The number of hydrogen-bond donors (Lipinski definition) is 0. The quantitative estimate of drug-likeness (QED) is 0.766. The van der Waals surface area contributed by atoms with Gasteiger partial charge in [-0.1, -0.05) is 5.21 Å². The molecule has 0 unspecified atom stereocenters. The maximum absolute atomic E-state index is 12.3. The van der Waals surface area contributed by atoms with Crippen LogP contribution in [0, 0.1) is 6.92 Å². The molecule has 0 saturated carbocycles. The number of carbonyl (C=O) groups is 2. The van der Waals surface area contributed by atoms with Crippen molar-refractivity contribution in [2.75, 3.05) is 13.7 Å². The Morgan fingerprint density at radius 3 is 2.55 bits per heavy atom. The molecule has 2 rings (SSSR count). The Labute approximate surface area is 129 Å². The van der Waals surface area contributed by atoms with Crippen LogP contribution in [0.1, 0.15) is 38.9 Å². The predicted molar refractivity (Wildman–Crippen MR) is 77.2 cm³/mol. The normalized spacial score (nSPS) is 21.8. The van der Waals surface area contributed by atoms with Gasteiger partial charge in [0.1, 0.15) is 11.6 Å². The van der Waals surface area contributed by atoms with Gasteiger partial charge in [-0.2, -0.15) is 0 Å². The van der Waals surface area contributed by atoms with E-state index in [9.17, 15) is 9.59 Å². The van der Waals surface area contributed by atoms with E-state index in [2.05, 4.69) is 10.3 Å². The van der Waals surface area contributed by atoms with E-state index in [1.54, 1.807) is 31.6 Å². The van der Waals surface area contributed by atoms with Crippen molar-refractivity contribution < 1.29 is 19.1 Å². The molecule has 1 aromatic rings. The van der Waals surface area contributed by atoms with Crippen molar-refractivity contribution >= 4 is 12.1 Å². The van der Waals surface area contributed by atoms with Gasteiger partial charge in [-0.15, -0.1) is 5.10 Å². The topological polar surface area (TPSA) is 86.6 Å². The number of esters is 1. The van der Waals surface area contributed by atoms with E-state index in [4.69, 9.17) is 9.47 Å². The largest absolute Gasteiger partial charge is 0.467 e. The molecular weight excluding hydrogens is 288 g/mol. The molecule has 1 aliphatic heterocycles. The second-order valence-electron chi connectivity index (χ2n) is 6.40. The number of hydrogen-bond acceptors (Lipinski definition) is 6. The van der Waals surface area contributed by atoms with Crippen molar-refractivity contribution in [2.24, 2.45) is 0 Å². The Balaban J connectivity index is 2.18. The number of likely N-dealkylation sites (tertiary alicyclic amines) is 1. The Bertz CT molecular complexity index is 563. The second kappa shape index (κ2) is 5.94. The SMILES string of the molecule is COC(=O)[C@@H]1C[C@@H](n2cc(C)nn2)CN1C(=O)OC(C)(C)C. The van der Waals surface area contributed by atoms with Crippen LogP contribution in [0.5, 0.6) is 0 Å². The Hall–Kier alpha value is -2.12. The summed E-state index contributed by atoms with van der Waals surface area (Å²) in [5.74, 6) is -0.454. The van der Waals surface area contributed by atoms with Crippen molar-refractivity contribution in [3.8, 4) is 0 Å². The molecule has 1 fully saturated rings. The summed E-state index contributed by atoms with van der Waals surface area (Å²) in [6.07, 6.45) is 1.69. The van der Waals surface area contributed by atoms with Gasteiger partial charge in [0.2, 0.25) is 0 Å². The van der Waals surface area contributed by atoms with Crippen LogP contribution in [0.15, 0.2) is 6.20 Å². The molecule has 2 heterocycles. The van der Waals surface area contributed by atoms with Gasteiger partial charge in [0.15, 0.2) is 0 Å². The molecule has 0 spiro atoms. The minimum Gasteiger partial charge on any atom is -0.467 e. The minimum atomic E-state index is -0.672. The summed E-state index contributed by atoms with van der Waals surface area (Å²) in [7, 11) is 1.31. The van der Waals surface area contributed by atoms with Crippen molar-refractivity contribution in [2.45, 2.75) is 51.8 Å². The van der Waals surface area contributed by atoms with Crippen molar-refractivity contribution in [3.05, 3.63) is 11.9 Å². The van der Waals surface area contributed by atoms with Crippen LogP contribution in [0.3, 0.4) is 0 Å². The summed E-state index contributed by atoms with van der Waals surface area (Å²) in [5, 5.41) is 7.96. The lowest BCUT2D eigenvalue weighted by Gasteiger charge is -2.27. The van der Waals surface area contributed by atoms with E-state index < -0.39 is 23.7 Å². The highest BCUT2D eigenvalue weighted by molar-refractivity contribution is 5.82. The standard InChI is InChI=1S/C14H22N4O4/c1-9-7-18(16-15-9)10-6-11(12(19)21-5)17(8-10)13(20)22-14(2,3)4/h7,10-11H,6,8H2,1-5H3/t10-,11+/m1/s1. The molecule has 0 aliphatic carbocycles. The molecule has 0 aromatic carbocycles. The molecule has 22 heavy (non-hydrogen) atoms. The summed E-state index contributed by atoms with van der Waals surface area (Å²) >= 11 is 0. The summed E-state index contributed by atoms with van der Waals surface area (Å²) in [5.41, 5.74) is 0.157. The van der Waals surface area contributed by atoms with Gasteiger partial charge in [0.25, 0.3) is 0 Å². The number of aromatic nitrogens is 3. The third kappa shape index (κ3) is 3.55. The number of carbonyl (C=O) groups excluding carboxylic acids is 2. The van der Waals surface area contributed by atoms with Crippen LogP contribution in [0.25, 0.3) is 0 Å². The van der Waals surface area contributed by atoms with E-state index in [1.165, 1.54) is 12.0 Å². The van der Waals surface area contributed by atoms with E-state index in [0.29, 0.717) is 13.0 Å². The maximum atomic E-state index is 12.3. The van der Waals surface area contributed by atoms with Crippen molar-refractivity contribution in [3.63, 3.8) is 0 Å². The second-order valence-corrected chi connectivity index (χ2v) is 6.40. The highest BCUT2D eigenvalue weighted by atomic mass is 16.6. The average Bonchev–Trinajstić information content (AvgIpc) is 3.01. The molecule has 1 aromatic heterocycles. The number of aryl methyl sites for hydroxylation is 1. The lowest BCUT2D eigenvalue weighted by molar-refractivity contribution is -0.145. The molecule has 0 N–H and O–H groups in total. The lowest BCUT2D eigenvalue weighted by atomic mass is 10.2. The monoisotopic (exact) mass is 310 g/mol. The predicted octanol–water partition coefficient (Wildman–Crippen LogP) is 1.31. The summed E-state index contributed by atoms with van der Waals surface area (Å²) < 4.78 is 11.8. The number of nitrogens with zero attached hydrogens (tertiary/aromatic N) is 4. The number of rotatable bonds is 2. The zero-order valence-corrected chi connectivity index (χ0v) is 13.6. The zero-order valence-electron chi connectivity index (χ0n) is 13.6. The van der Waals surface area contributed by atoms with E-state index in [-0.39, 0.29) is 6.04 Å². The van der Waals surface area contributed by atoms with Crippen LogP contribution < -0.4 is 0 Å². The first kappa shape index (κ1) is 16.3. The fraction of sp³-hybridized carbons (Fsp3) is 0.714. The maximum Gasteiger partial charge on any atom is 0.411 e. The number of ether oxygens (including phenoxy) is 2. The fourth-order valence-corrected chi connectivity index (χ4v) is 2.43. The van der Waals surface area contributed by atoms with E-state index in [1.807, 2.05) is 6.92 Å². The summed E-state index contributed by atoms with van der Waals surface area (Å²) in [6, 6.07) is -0.799. The van der Waals surface area contributed by atoms with Gasteiger partial charge in [0.05, 0.1) is 18.8 Å². The molecule has 1 saturated heterocycles. The number of amides is 1. The van der Waals surface area contributed by atoms with Gasteiger partial charge in [-0.05, 0) is 27.7 Å². The van der Waals surface area contributed by atoms with E-state index >= 15 is 0 Å². The molecule has 1 amide bonds. The van der Waals surface area contributed by atoms with Crippen molar-refractivity contribution in [1.29, 1.82) is 0 Å². The van der Waals surface area contributed by atoms with Gasteiger partial charge < -0.3 is 9.47 Å². The first-order chi connectivity index (χ1) is 10.2. The third-order valence-electron chi connectivity index (χ3n) is 3.38. The van der Waals surface area contributed by atoms with Crippen molar-refractivity contribution in [1.82, 2.24) is 19.9 Å². The molecule has 8 nitrogen and oxygen atoms in total. The Morgan fingerprint density at radius 1 is 1.36 bits per heavy atom. The smallest absolute Gasteiger partial charge is 0.411 e.